The van der Waals surface area contributed by atoms with Crippen molar-refractivity contribution in [2.75, 3.05) is 0 Å². The molecule has 4 unspecified atom stereocenters. The Hall–Kier alpha value is -0.530. The second-order valence-electron chi connectivity index (χ2n) is 6.29. The van der Waals surface area contributed by atoms with E-state index in [0.717, 1.165) is 12.3 Å². The molecule has 2 rings (SSSR count). The molecule has 0 aromatic rings. The Kier molecular flexibility index (Phi) is 2.56. The van der Waals surface area contributed by atoms with Crippen molar-refractivity contribution in [1.82, 2.24) is 0 Å². The van der Waals surface area contributed by atoms with Crippen molar-refractivity contribution in [2.24, 2.45) is 23.2 Å². The molecule has 2 nitrogen and oxygen atoms in total. The van der Waals surface area contributed by atoms with Crippen LogP contribution in [0.1, 0.15) is 47.0 Å². The number of cyclic esters (lactones) is 1. The van der Waals surface area contributed by atoms with Crippen molar-refractivity contribution >= 4 is 5.97 Å². The lowest BCUT2D eigenvalue weighted by Gasteiger charge is -2.38. The lowest BCUT2D eigenvalue weighted by atomic mass is 9.65. The van der Waals surface area contributed by atoms with Crippen LogP contribution in [0, 0.1) is 23.2 Å². The van der Waals surface area contributed by atoms with Gasteiger partial charge >= 0.3 is 5.97 Å². The third-order valence-electron chi connectivity index (χ3n) is 4.33. The highest BCUT2D eigenvalue weighted by Crippen LogP contribution is 2.47. The summed E-state index contributed by atoms with van der Waals surface area (Å²) in [4.78, 5) is 11.6. The molecule has 2 aliphatic rings. The van der Waals surface area contributed by atoms with Gasteiger partial charge in [0.2, 0.25) is 0 Å². The zero-order valence-electron chi connectivity index (χ0n) is 10.2. The van der Waals surface area contributed by atoms with E-state index in [1.807, 2.05) is 6.92 Å². The summed E-state index contributed by atoms with van der Waals surface area (Å²) in [5.74, 6) is 1.49. The summed E-state index contributed by atoms with van der Waals surface area (Å²) < 4.78 is 5.33. The van der Waals surface area contributed by atoms with E-state index in [1.54, 1.807) is 0 Å². The molecule has 1 saturated carbocycles. The van der Waals surface area contributed by atoms with E-state index in [4.69, 9.17) is 4.74 Å². The van der Waals surface area contributed by atoms with Crippen molar-refractivity contribution in [2.45, 2.75) is 53.1 Å². The summed E-state index contributed by atoms with van der Waals surface area (Å²) in [6.07, 6.45) is 3.54. The van der Waals surface area contributed by atoms with E-state index in [-0.39, 0.29) is 18.0 Å². The van der Waals surface area contributed by atoms with Crippen LogP contribution in [0.25, 0.3) is 0 Å². The number of esters is 1. The monoisotopic (exact) mass is 210 g/mol. The summed E-state index contributed by atoms with van der Waals surface area (Å²) in [6, 6.07) is 0. The van der Waals surface area contributed by atoms with Gasteiger partial charge in [0.15, 0.2) is 0 Å². The average molecular weight is 210 g/mol. The zero-order valence-corrected chi connectivity index (χ0v) is 10.2. The van der Waals surface area contributed by atoms with Crippen molar-refractivity contribution in [3.63, 3.8) is 0 Å². The molecule has 1 saturated heterocycles. The minimum absolute atomic E-state index is 0.0554. The lowest BCUT2D eigenvalue weighted by Crippen LogP contribution is -2.33. The lowest BCUT2D eigenvalue weighted by molar-refractivity contribution is -0.144. The molecule has 86 valence electrons. The molecule has 0 aromatic heterocycles. The van der Waals surface area contributed by atoms with E-state index in [9.17, 15) is 4.79 Å². The SMILES string of the molecule is CC1OC(=O)C2CCC(C(C)(C)C)CC12. The summed E-state index contributed by atoms with van der Waals surface area (Å²) >= 11 is 0. The molecular weight excluding hydrogens is 188 g/mol. The Bertz CT molecular complexity index is 264. The third-order valence-corrected chi connectivity index (χ3v) is 4.33. The molecule has 2 heteroatoms. The van der Waals surface area contributed by atoms with Crippen molar-refractivity contribution in [3.8, 4) is 0 Å². The summed E-state index contributed by atoms with van der Waals surface area (Å²) in [7, 11) is 0. The third kappa shape index (κ3) is 1.91. The molecule has 0 N–H and O–H groups in total. The van der Waals surface area contributed by atoms with Crippen molar-refractivity contribution < 1.29 is 9.53 Å². The number of fused-ring (bicyclic) bond motifs is 1. The van der Waals surface area contributed by atoms with Crippen LogP contribution in [-0.4, -0.2) is 12.1 Å². The first-order valence-electron chi connectivity index (χ1n) is 6.10. The first kappa shape index (κ1) is 11.0. The number of carbonyl (C=O) groups is 1. The quantitative estimate of drug-likeness (QED) is 0.574. The summed E-state index contributed by atoms with van der Waals surface area (Å²) in [6.45, 7) is 8.97. The fraction of sp³-hybridized carbons (Fsp3) is 0.923. The van der Waals surface area contributed by atoms with Gasteiger partial charge < -0.3 is 4.74 Å². The normalized spacial score (nSPS) is 41.2. The van der Waals surface area contributed by atoms with Crippen molar-refractivity contribution in [1.29, 1.82) is 0 Å². The second-order valence-corrected chi connectivity index (χ2v) is 6.29. The molecule has 0 amide bonds. The fourth-order valence-corrected chi connectivity index (χ4v) is 3.16. The van der Waals surface area contributed by atoms with Gasteiger partial charge in [-0.25, -0.2) is 0 Å². The first-order valence-corrected chi connectivity index (χ1v) is 6.10. The van der Waals surface area contributed by atoms with Gasteiger partial charge in [-0.2, -0.15) is 0 Å². The van der Waals surface area contributed by atoms with E-state index in [2.05, 4.69) is 20.8 Å². The summed E-state index contributed by atoms with van der Waals surface area (Å²) in [5, 5.41) is 0. The van der Waals surface area contributed by atoms with E-state index >= 15 is 0 Å². The average Bonchev–Trinajstić information content (AvgIpc) is 2.41. The highest BCUT2D eigenvalue weighted by atomic mass is 16.6. The Morgan fingerprint density at radius 3 is 2.53 bits per heavy atom. The van der Waals surface area contributed by atoms with Crippen molar-refractivity contribution in [3.05, 3.63) is 0 Å². The van der Waals surface area contributed by atoms with Gasteiger partial charge in [0.25, 0.3) is 0 Å². The molecule has 0 spiro atoms. The molecule has 15 heavy (non-hydrogen) atoms. The van der Waals surface area contributed by atoms with E-state index in [0.29, 0.717) is 11.3 Å². The van der Waals surface area contributed by atoms with Crippen LogP contribution in [0.2, 0.25) is 0 Å². The molecule has 1 aliphatic carbocycles. The minimum atomic E-state index is 0.0554. The number of rotatable bonds is 0. The zero-order chi connectivity index (χ0) is 11.2. The molecule has 1 heterocycles. The largest absolute Gasteiger partial charge is 0.462 e. The van der Waals surface area contributed by atoms with E-state index in [1.165, 1.54) is 12.8 Å². The maximum absolute atomic E-state index is 11.6. The molecular formula is C13H22O2. The maximum Gasteiger partial charge on any atom is 0.309 e. The molecule has 0 aromatic carbocycles. The van der Waals surface area contributed by atoms with Crippen LogP contribution in [0.5, 0.6) is 0 Å². The topological polar surface area (TPSA) is 26.3 Å². The van der Waals surface area contributed by atoms with Crippen LogP contribution in [0.3, 0.4) is 0 Å². The van der Waals surface area contributed by atoms with Gasteiger partial charge in [0.05, 0.1) is 5.92 Å². The van der Waals surface area contributed by atoms with E-state index < -0.39 is 0 Å². The van der Waals surface area contributed by atoms with Gasteiger partial charge in [0.1, 0.15) is 6.10 Å². The Morgan fingerprint density at radius 2 is 1.93 bits per heavy atom. The molecule has 1 aliphatic heterocycles. The predicted octanol–water partition coefficient (Wildman–Crippen LogP) is 3.01. The number of ether oxygens (including phenoxy) is 1. The van der Waals surface area contributed by atoms with Crippen LogP contribution in [0.15, 0.2) is 0 Å². The van der Waals surface area contributed by atoms with Gasteiger partial charge in [-0.1, -0.05) is 20.8 Å². The Labute approximate surface area is 92.4 Å². The minimum Gasteiger partial charge on any atom is -0.462 e. The van der Waals surface area contributed by atoms with Crippen LogP contribution in [0.4, 0.5) is 0 Å². The molecule has 0 bridgehead atoms. The first-order chi connectivity index (χ1) is 6.89. The van der Waals surface area contributed by atoms with Crippen LogP contribution in [-0.2, 0) is 9.53 Å². The van der Waals surface area contributed by atoms with Gasteiger partial charge in [-0.15, -0.1) is 0 Å². The fourth-order valence-electron chi connectivity index (χ4n) is 3.16. The number of hydrogen-bond donors (Lipinski definition) is 0. The molecule has 2 fully saturated rings. The Morgan fingerprint density at radius 1 is 1.27 bits per heavy atom. The maximum atomic E-state index is 11.6. The highest BCUT2D eigenvalue weighted by Gasteiger charge is 2.47. The predicted molar refractivity (Wildman–Crippen MR) is 59.3 cm³/mol. The van der Waals surface area contributed by atoms with Gasteiger partial charge in [-0.3, -0.25) is 4.79 Å². The second kappa shape index (κ2) is 3.50. The highest BCUT2D eigenvalue weighted by molar-refractivity contribution is 5.75. The smallest absolute Gasteiger partial charge is 0.309 e. The number of hydrogen-bond acceptors (Lipinski definition) is 2. The van der Waals surface area contributed by atoms with Gasteiger partial charge in [-0.05, 0) is 37.5 Å². The molecule has 0 radical (unpaired) electrons. The van der Waals surface area contributed by atoms with Gasteiger partial charge in [0, 0.05) is 5.92 Å². The molecule has 4 atom stereocenters. The number of carbonyl (C=O) groups excluding carboxylic acids is 1. The standard InChI is InChI=1S/C13H22O2/c1-8-11-7-9(13(2,3)4)5-6-10(11)12(14)15-8/h8-11H,5-7H2,1-4H3. The summed E-state index contributed by atoms with van der Waals surface area (Å²) in [5.41, 5.74) is 0.371. The Balaban J connectivity index is 2.09. The van der Waals surface area contributed by atoms with Crippen LogP contribution >= 0.6 is 0 Å². The van der Waals surface area contributed by atoms with Crippen LogP contribution < -0.4 is 0 Å².